The zero-order valence-electron chi connectivity index (χ0n) is 15.6. The summed E-state index contributed by atoms with van der Waals surface area (Å²) in [4.78, 5) is 26.7. The fourth-order valence-electron chi connectivity index (χ4n) is 2.90. The van der Waals surface area contributed by atoms with Gasteiger partial charge in [0.15, 0.2) is 0 Å². The average molecular weight is 415 g/mol. The van der Waals surface area contributed by atoms with Crippen molar-refractivity contribution in [1.29, 1.82) is 0 Å². The molecule has 0 spiro atoms. The van der Waals surface area contributed by atoms with Crippen LogP contribution in [0.2, 0.25) is 0 Å². The third-order valence-electron chi connectivity index (χ3n) is 4.32. The summed E-state index contributed by atoms with van der Waals surface area (Å²) in [7, 11) is 3.45. The Bertz CT molecular complexity index is 967. The minimum absolute atomic E-state index is 0.166. The molecule has 0 aliphatic rings. The molecule has 3 rings (SSSR count). The summed E-state index contributed by atoms with van der Waals surface area (Å²) in [6.45, 7) is 0.271. The van der Waals surface area contributed by atoms with E-state index < -0.39 is 5.91 Å². The third kappa shape index (κ3) is 5.11. The number of hydrogen-bond donors (Lipinski definition) is 2. The van der Waals surface area contributed by atoms with Gasteiger partial charge in [-0.3, -0.25) is 9.59 Å². The summed E-state index contributed by atoms with van der Waals surface area (Å²) >= 11 is 0. The van der Waals surface area contributed by atoms with Crippen LogP contribution in [0.3, 0.4) is 0 Å². The highest BCUT2D eigenvalue weighted by molar-refractivity contribution is 8.76. The number of nitrogens with one attached hydrogen (secondary N) is 1. The second-order valence-corrected chi connectivity index (χ2v) is 8.95. The molecule has 0 atom stereocenters. The van der Waals surface area contributed by atoms with Crippen molar-refractivity contribution in [2.24, 2.45) is 5.73 Å². The number of nitrogens with two attached hydrogens (primary N) is 1. The lowest BCUT2D eigenvalue weighted by atomic mass is 10.1. The molecule has 1 amide bonds. The van der Waals surface area contributed by atoms with Crippen molar-refractivity contribution in [1.82, 2.24) is 4.98 Å². The van der Waals surface area contributed by atoms with Gasteiger partial charge in [0.1, 0.15) is 6.61 Å². The van der Waals surface area contributed by atoms with Crippen molar-refractivity contribution in [3.8, 4) is 11.3 Å². The molecule has 3 aromatic rings. The molecule has 0 saturated carbocycles. The molecular weight excluding hydrogens is 392 g/mol. The molecule has 1 aromatic heterocycles. The minimum Gasteiger partial charge on any atom is -0.461 e. The van der Waals surface area contributed by atoms with E-state index in [-0.39, 0.29) is 12.6 Å². The van der Waals surface area contributed by atoms with Crippen LogP contribution in [0.1, 0.15) is 28.8 Å². The predicted molar refractivity (Wildman–Crippen MR) is 117 cm³/mol. The van der Waals surface area contributed by atoms with Crippen LogP contribution < -0.4 is 5.73 Å². The molecule has 1 heterocycles. The fraction of sp³-hybridized carbons (Fsp3) is 0.238. The second-order valence-electron chi connectivity index (χ2n) is 6.26. The van der Waals surface area contributed by atoms with E-state index in [0.717, 1.165) is 39.9 Å². The highest BCUT2D eigenvalue weighted by Gasteiger charge is 2.10. The first-order chi connectivity index (χ1) is 13.6. The third-order valence-corrected chi connectivity index (χ3v) is 6.22. The van der Waals surface area contributed by atoms with Crippen molar-refractivity contribution >= 4 is 44.4 Å². The van der Waals surface area contributed by atoms with Crippen molar-refractivity contribution in [2.75, 3.05) is 12.0 Å². The number of aromatic nitrogens is 1. The largest absolute Gasteiger partial charge is 0.461 e. The monoisotopic (exact) mass is 414 g/mol. The van der Waals surface area contributed by atoms with Gasteiger partial charge in [-0.25, -0.2) is 0 Å². The van der Waals surface area contributed by atoms with E-state index in [2.05, 4.69) is 4.98 Å². The van der Waals surface area contributed by atoms with E-state index in [9.17, 15) is 9.59 Å². The topological polar surface area (TPSA) is 85.2 Å². The van der Waals surface area contributed by atoms with Crippen LogP contribution in [0.15, 0.2) is 48.5 Å². The van der Waals surface area contributed by atoms with Gasteiger partial charge in [-0.05, 0) is 42.0 Å². The first-order valence-corrected chi connectivity index (χ1v) is 11.6. The molecule has 28 heavy (non-hydrogen) atoms. The summed E-state index contributed by atoms with van der Waals surface area (Å²) in [6.07, 6.45) is 3.30. The highest BCUT2D eigenvalue weighted by Crippen LogP contribution is 2.27. The van der Waals surface area contributed by atoms with Crippen molar-refractivity contribution < 1.29 is 14.3 Å². The number of esters is 1. The average Bonchev–Trinajstić information content (AvgIpc) is 3.14. The molecular formula is C21H22N2O3S2. The number of ether oxygens (including phenoxy) is 1. The van der Waals surface area contributed by atoms with E-state index in [4.69, 9.17) is 10.5 Å². The van der Waals surface area contributed by atoms with Crippen LogP contribution in [-0.2, 0) is 16.1 Å². The maximum absolute atomic E-state index is 11.8. The highest BCUT2D eigenvalue weighted by atomic mass is 33.1. The standard InChI is InChI=1S/C21H22N2O3S2/c1-27-28-11-3-6-20(24)26-13-14-7-9-15(10-8-14)19-12-17-16(21(22)25)4-2-5-18(17)23-19/h2,4-5,7-10,12,23H,3,6,11,13H2,1H3,(H2,22,25). The Morgan fingerprint density at radius 3 is 2.64 bits per heavy atom. The molecule has 0 fully saturated rings. The number of amides is 1. The van der Waals surface area contributed by atoms with Gasteiger partial charge in [-0.2, -0.15) is 0 Å². The Balaban J connectivity index is 1.63. The molecule has 146 valence electrons. The summed E-state index contributed by atoms with van der Waals surface area (Å²) in [5.41, 5.74) is 9.64. The maximum Gasteiger partial charge on any atom is 0.306 e. The van der Waals surface area contributed by atoms with Crippen LogP contribution in [0.4, 0.5) is 0 Å². The van der Waals surface area contributed by atoms with Gasteiger partial charge < -0.3 is 15.5 Å². The number of fused-ring (bicyclic) bond motifs is 1. The molecule has 5 nitrogen and oxygen atoms in total. The van der Waals surface area contributed by atoms with Crippen LogP contribution >= 0.6 is 21.6 Å². The lowest BCUT2D eigenvalue weighted by Crippen LogP contribution is -2.10. The summed E-state index contributed by atoms with van der Waals surface area (Å²) < 4.78 is 5.33. The van der Waals surface area contributed by atoms with Crippen molar-refractivity contribution in [3.63, 3.8) is 0 Å². The normalized spacial score (nSPS) is 10.9. The predicted octanol–water partition coefficient (Wildman–Crippen LogP) is 4.77. The van der Waals surface area contributed by atoms with Gasteiger partial charge in [-0.1, -0.05) is 51.9 Å². The summed E-state index contributed by atoms with van der Waals surface area (Å²) in [5, 5.41) is 0.808. The molecule has 0 aliphatic carbocycles. The fourth-order valence-corrected chi connectivity index (χ4v) is 4.18. The van der Waals surface area contributed by atoms with Gasteiger partial charge in [0.05, 0.1) is 0 Å². The van der Waals surface area contributed by atoms with E-state index in [0.29, 0.717) is 12.0 Å². The van der Waals surface area contributed by atoms with Crippen molar-refractivity contribution in [2.45, 2.75) is 19.4 Å². The first-order valence-electron chi connectivity index (χ1n) is 8.90. The number of H-pyrrole nitrogens is 1. The number of aromatic amines is 1. The van der Waals surface area contributed by atoms with E-state index in [1.165, 1.54) is 0 Å². The van der Waals surface area contributed by atoms with Crippen LogP contribution in [0.5, 0.6) is 0 Å². The summed E-state index contributed by atoms with van der Waals surface area (Å²) in [6, 6.07) is 15.2. The Hall–Kier alpha value is -2.38. The van der Waals surface area contributed by atoms with Crippen molar-refractivity contribution in [3.05, 3.63) is 59.7 Å². The molecule has 7 heteroatoms. The van der Waals surface area contributed by atoms with Gasteiger partial charge in [-0.15, -0.1) is 0 Å². The Morgan fingerprint density at radius 1 is 1.14 bits per heavy atom. The molecule has 0 radical (unpaired) electrons. The molecule has 3 N–H and O–H groups in total. The van der Waals surface area contributed by atoms with Gasteiger partial charge in [0, 0.05) is 34.3 Å². The number of carbonyl (C=O) groups excluding carboxylic acids is 2. The number of primary amides is 1. The molecule has 2 aromatic carbocycles. The van der Waals surface area contributed by atoms with Gasteiger partial charge >= 0.3 is 5.97 Å². The zero-order chi connectivity index (χ0) is 19.9. The number of rotatable bonds is 9. The number of benzene rings is 2. The van der Waals surface area contributed by atoms with Gasteiger partial charge in [0.25, 0.3) is 0 Å². The lowest BCUT2D eigenvalue weighted by molar-refractivity contribution is -0.144. The van der Waals surface area contributed by atoms with E-state index >= 15 is 0 Å². The van der Waals surface area contributed by atoms with Crippen LogP contribution in [0.25, 0.3) is 22.2 Å². The van der Waals surface area contributed by atoms with Gasteiger partial charge in [0.2, 0.25) is 5.91 Å². The SMILES string of the molecule is CSSCCCC(=O)OCc1ccc(-c2cc3c(C(N)=O)cccc3[nH]2)cc1. The Kier molecular flexibility index (Phi) is 7.06. The molecule has 0 saturated heterocycles. The minimum atomic E-state index is -0.444. The zero-order valence-corrected chi connectivity index (χ0v) is 17.2. The quantitative estimate of drug-likeness (QED) is 0.299. The Morgan fingerprint density at radius 2 is 1.93 bits per heavy atom. The van der Waals surface area contributed by atoms with E-state index in [1.54, 1.807) is 33.7 Å². The first kappa shape index (κ1) is 20.4. The number of hydrogen-bond acceptors (Lipinski definition) is 5. The molecule has 0 unspecified atom stereocenters. The second kappa shape index (κ2) is 9.71. The maximum atomic E-state index is 11.8. The smallest absolute Gasteiger partial charge is 0.306 e. The summed E-state index contributed by atoms with van der Waals surface area (Å²) in [5.74, 6) is 0.341. The van der Waals surface area contributed by atoms with Crippen LogP contribution in [0, 0.1) is 0 Å². The lowest BCUT2D eigenvalue weighted by Gasteiger charge is -2.06. The van der Waals surface area contributed by atoms with Crippen LogP contribution in [-0.4, -0.2) is 28.9 Å². The number of carbonyl (C=O) groups is 2. The Labute approximate surface area is 171 Å². The van der Waals surface area contributed by atoms with E-state index in [1.807, 2.05) is 42.7 Å². The molecule has 0 bridgehead atoms. The molecule has 0 aliphatic heterocycles.